The minimum Gasteiger partial charge on any atom is -0.493 e. The number of hydrogen-bond acceptors (Lipinski definition) is 9. The Hall–Kier alpha value is -3.81. The predicted octanol–water partition coefficient (Wildman–Crippen LogP) is 6.44. The average molecular weight is 789 g/mol. The zero-order chi connectivity index (χ0) is 33.8. The molecule has 1 aromatic heterocycles. The largest absolute Gasteiger partial charge is 0.493 e. The van der Waals surface area contributed by atoms with Crippen LogP contribution < -0.4 is 33.8 Å². The van der Waals surface area contributed by atoms with Gasteiger partial charge in [-0.1, -0.05) is 41.1 Å². The summed E-state index contributed by atoms with van der Waals surface area (Å²) >= 11 is 9.61. The van der Waals surface area contributed by atoms with Gasteiger partial charge in [-0.05, 0) is 104 Å². The van der Waals surface area contributed by atoms with Crippen molar-refractivity contribution in [2.45, 2.75) is 46.4 Å². The topological polar surface area (TPSA) is 97.6 Å². The number of benzene rings is 3. The van der Waals surface area contributed by atoms with Crippen molar-refractivity contribution < 1.29 is 28.5 Å². The van der Waals surface area contributed by atoms with Crippen LogP contribution in [-0.2, 0) is 16.1 Å². The number of aromatic nitrogens is 1. The fraction of sp³-hybridized carbons (Fsp3) is 0.286. The van der Waals surface area contributed by atoms with Crippen LogP contribution in [-0.4, -0.2) is 37.5 Å². The number of ether oxygens (including phenoxy) is 5. The number of carbonyl (C=O) groups is 1. The number of hydrogen-bond donors (Lipinski definition) is 0. The number of fused-ring (bicyclic) bond motifs is 1. The molecular formula is C35H34ClIN2O7S. The van der Waals surface area contributed by atoms with Crippen molar-refractivity contribution in [3.05, 3.63) is 111 Å². The molecule has 2 heterocycles. The first-order chi connectivity index (χ1) is 22.5. The van der Waals surface area contributed by atoms with E-state index in [9.17, 15) is 9.59 Å². The van der Waals surface area contributed by atoms with Gasteiger partial charge in [0.05, 0.1) is 48.8 Å². The number of carbonyl (C=O) groups excluding carboxylic acids is 1. The number of thiazole rings is 1. The maximum atomic E-state index is 14.3. The Morgan fingerprint density at radius 3 is 2.53 bits per heavy atom. The fourth-order valence-electron chi connectivity index (χ4n) is 5.24. The first-order valence-electron chi connectivity index (χ1n) is 14.8. The third-order valence-electron chi connectivity index (χ3n) is 7.21. The summed E-state index contributed by atoms with van der Waals surface area (Å²) in [5, 5.41) is 0.605. The lowest BCUT2D eigenvalue weighted by molar-refractivity contribution is -0.139. The molecule has 1 atom stereocenters. The Labute approximate surface area is 295 Å². The smallest absolute Gasteiger partial charge is 0.338 e. The summed E-state index contributed by atoms with van der Waals surface area (Å²) in [6.07, 6.45) is 1.69. The van der Waals surface area contributed by atoms with Crippen LogP contribution >= 0.6 is 45.5 Å². The van der Waals surface area contributed by atoms with Gasteiger partial charge in [0.15, 0.2) is 27.8 Å². The first-order valence-corrected chi connectivity index (χ1v) is 17.1. The van der Waals surface area contributed by atoms with Gasteiger partial charge >= 0.3 is 5.97 Å². The summed E-state index contributed by atoms with van der Waals surface area (Å²) in [4.78, 5) is 32.9. The summed E-state index contributed by atoms with van der Waals surface area (Å²) in [6, 6.07) is 15.8. The van der Waals surface area contributed by atoms with Crippen LogP contribution in [0.15, 0.2) is 75.7 Å². The van der Waals surface area contributed by atoms with E-state index in [1.165, 1.54) is 15.9 Å². The third-order valence-corrected chi connectivity index (χ3v) is 9.05. The molecule has 0 saturated heterocycles. The molecule has 47 heavy (non-hydrogen) atoms. The van der Waals surface area contributed by atoms with E-state index in [0.29, 0.717) is 54.2 Å². The number of nitrogens with zero attached hydrogens (tertiary/aromatic N) is 2. The summed E-state index contributed by atoms with van der Waals surface area (Å²) in [5.74, 6) is 1.48. The minimum atomic E-state index is -0.821. The maximum absolute atomic E-state index is 14.3. The van der Waals surface area contributed by atoms with E-state index < -0.39 is 12.0 Å². The Balaban J connectivity index is 1.68. The van der Waals surface area contributed by atoms with Crippen LogP contribution in [0.2, 0.25) is 5.02 Å². The van der Waals surface area contributed by atoms with E-state index in [0.717, 1.165) is 9.13 Å². The zero-order valence-corrected chi connectivity index (χ0v) is 30.5. The van der Waals surface area contributed by atoms with Crippen molar-refractivity contribution in [2.75, 3.05) is 20.8 Å². The molecule has 0 aliphatic carbocycles. The maximum Gasteiger partial charge on any atom is 0.338 e. The molecule has 12 heteroatoms. The van der Waals surface area contributed by atoms with E-state index in [2.05, 4.69) is 22.6 Å². The summed E-state index contributed by atoms with van der Waals surface area (Å²) < 4.78 is 31.8. The highest BCUT2D eigenvalue weighted by atomic mass is 127. The molecule has 0 N–H and O–H groups in total. The fourth-order valence-corrected chi connectivity index (χ4v) is 7.11. The van der Waals surface area contributed by atoms with Crippen molar-refractivity contribution >= 4 is 57.6 Å². The molecule has 0 radical (unpaired) electrons. The second-order valence-corrected chi connectivity index (χ2v) is 13.5. The summed E-state index contributed by atoms with van der Waals surface area (Å²) in [6.45, 7) is 7.74. The van der Waals surface area contributed by atoms with Crippen LogP contribution in [0.5, 0.6) is 23.0 Å². The van der Waals surface area contributed by atoms with E-state index in [1.807, 2.05) is 50.2 Å². The molecule has 0 spiro atoms. The van der Waals surface area contributed by atoms with Gasteiger partial charge in [0.2, 0.25) is 0 Å². The van der Waals surface area contributed by atoms with Crippen LogP contribution in [0.25, 0.3) is 6.08 Å². The van der Waals surface area contributed by atoms with Crippen LogP contribution in [0.4, 0.5) is 0 Å². The Bertz CT molecular complexity index is 2040. The molecule has 1 aliphatic heterocycles. The van der Waals surface area contributed by atoms with Gasteiger partial charge in [0.25, 0.3) is 5.56 Å². The van der Waals surface area contributed by atoms with E-state index in [-0.39, 0.29) is 30.5 Å². The lowest BCUT2D eigenvalue weighted by atomic mass is 9.95. The number of allylic oxidation sites excluding steroid dienone is 1. The molecule has 0 unspecified atom stereocenters. The van der Waals surface area contributed by atoms with E-state index in [1.54, 1.807) is 52.3 Å². The van der Waals surface area contributed by atoms with Crippen molar-refractivity contribution in [2.24, 2.45) is 4.99 Å². The quantitative estimate of drug-likeness (QED) is 0.128. The van der Waals surface area contributed by atoms with E-state index >= 15 is 0 Å². The minimum absolute atomic E-state index is 0.0799. The molecule has 0 bridgehead atoms. The zero-order valence-electron chi connectivity index (χ0n) is 26.8. The highest BCUT2D eigenvalue weighted by molar-refractivity contribution is 14.1. The normalized spacial score (nSPS) is 14.5. The second-order valence-electron chi connectivity index (χ2n) is 10.8. The van der Waals surface area contributed by atoms with Crippen LogP contribution in [0.3, 0.4) is 0 Å². The predicted molar refractivity (Wildman–Crippen MR) is 191 cm³/mol. The number of halogens is 2. The molecule has 246 valence electrons. The van der Waals surface area contributed by atoms with Crippen molar-refractivity contribution in [1.29, 1.82) is 0 Å². The summed E-state index contributed by atoms with van der Waals surface area (Å²) in [5.41, 5.74) is 2.58. The molecule has 4 aromatic rings. The van der Waals surface area contributed by atoms with E-state index in [4.69, 9.17) is 40.3 Å². The molecule has 9 nitrogen and oxygen atoms in total. The van der Waals surface area contributed by atoms with Gasteiger partial charge in [0, 0.05) is 14.2 Å². The molecule has 0 saturated carbocycles. The third kappa shape index (κ3) is 7.52. The van der Waals surface area contributed by atoms with Gasteiger partial charge in [0.1, 0.15) is 6.61 Å². The SMILES string of the molecule is CCOC(=O)C1=C(C)N=c2s/c(=C/c3cc(I)cc(OC)c3OCc3cccc(Cl)c3)c(=O)n2[C@H]1c1ccc(OC(C)C)c(OC)c1. The van der Waals surface area contributed by atoms with Crippen LogP contribution in [0, 0.1) is 3.57 Å². The number of methoxy groups -OCH3 is 2. The molecule has 5 rings (SSSR count). The highest BCUT2D eigenvalue weighted by Crippen LogP contribution is 2.37. The average Bonchev–Trinajstić information content (AvgIpc) is 3.33. The highest BCUT2D eigenvalue weighted by Gasteiger charge is 2.34. The Morgan fingerprint density at radius 2 is 1.85 bits per heavy atom. The molecular weight excluding hydrogens is 755 g/mol. The second kappa shape index (κ2) is 15.0. The first kappa shape index (κ1) is 34.5. The molecule has 1 aliphatic rings. The lowest BCUT2D eigenvalue weighted by Crippen LogP contribution is -2.40. The van der Waals surface area contributed by atoms with Crippen LogP contribution in [0.1, 0.15) is 50.4 Å². The van der Waals surface area contributed by atoms with Gasteiger partial charge in [-0.2, -0.15) is 0 Å². The van der Waals surface area contributed by atoms with Crippen molar-refractivity contribution in [3.63, 3.8) is 0 Å². The Morgan fingerprint density at radius 1 is 1.09 bits per heavy atom. The number of rotatable bonds is 11. The van der Waals surface area contributed by atoms with Gasteiger partial charge < -0.3 is 23.7 Å². The molecule has 3 aromatic carbocycles. The van der Waals surface area contributed by atoms with Gasteiger partial charge in [-0.15, -0.1) is 0 Å². The van der Waals surface area contributed by atoms with Crippen molar-refractivity contribution in [3.8, 4) is 23.0 Å². The standard InChI is InChI=1S/C35H34ClIN2O7S/c1-7-44-34(41)30-20(4)38-35-39(31(30)22-11-12-26(46-19(2)3)27(15-22)42-5)33(40)29(47-35)16-23-14-25(37)17-28(43-6)32(23)45-18-21-9-8-10-24(36)13-21/h8-17,19,31H,7,18H2,1-6H3/b29-16+/t31-/m0/s1. The lowest BCUT2D eigenvalue weighted by Gasteiger charge is -2.25. The Kier molecular flexibility index (Phi) is 11.0. The van der Waals surface area contributed by atoms with Crippen molar-refractivity contribution in [1.82, 2.24) is 4.57 Å². The monoisotopic (exact) mass is 788 g/mol. The summed E-state index contributed by atoms with van der Waals surface area (Å²) in [7, 11) is 3.12. The molecule has 0 fully saturated rings. The molecule has 0 amide bonds. The van der Waals surface area contributed by atoms with Gasteiger partial charge in [-0.3, -0.25) is 9.36 Å². The van der Waals surface area contributed by atoms with Gasteiger partial charge in [-0.25, -0.2) is 9.79 Å². The number of esters is 1.